The Hall–Kier alpha value is -0.530. The van der Waals surface area contributed by atoms with Crippen molar-refractivity contribution in [2.24, 2.45) is 0 Å². The summed E-state index contributed by atoms with van der Waals surface area (Å²) in [6.07, 6.45) is 1.44. The van der Waals surface area contributed by atoms with Crippen molar-refractivity contribution >= 4 is 33.4 Å². The number of aromatic nitrogens is 2. The van der Waals surface area contributed by atoms with Gasteiger partial charge in [0.1, 0.15) is 4.88 Å². The van der Waals surface area contributed by atoms with Gasteiger partial charge in [-0.3, -0.25) is 4.79 Å². The Morgan fingerprint density at radius 1 is 1.64 bits per heavy atom. The lowest BCUT2D eigenvalue weighted by Crippen LogP contribution is -2.26. The van der Waals surface area contributed by atoms with Crippen molar-refractivity contribution in [3.05, 3.63) is 11.1 Å². The second kappa shape index (κ2) is 6.86. The van der Waals surface area contributed by atoms with Crippen LogP contribution in [0.4, 0.5) is 0 Å². The molecule has 78 valence electrons. The van der Waals surface area contributed by atoms with Crippen molar-refractivity contribution in [1.29, 1.82) is 0 Å². The molecule has 1 N–H and O–H groups in total. The molecule has 5 nitrogen and oxygen atoms in total. The van der Waals surface area contributed by atoms with Crippen LogP contribution in [0, 0.1) is 0 Å². The van der Waals surface area contributed by atoms with Crippen molar-refractivity contribution in [3.63, 3.8) is 0 Å². The predicted octanol–water partition coefficient (Wildman–Crippen LogP) is 0.679. The van der Waals surface area contributed by atoms with E-state index in [9.17, 15) is 4.79 Å². The van der Waals surface area contributed by atoms with E-state index in [0.717, 1.165) is 16.9 Å². The van der Waals surface area contributed by atoms with Gasteiger partial charge in [0.05, 0.1) is 19.4 Å². The van der Waals surface area contributed by atoms with Crippen LogP contribution in [-0.2, 0) is 4.74 Å². The van der Waals surface area contributed by atoms with Crippen molar-refractivity contribution < 1.29 is 9.53 Å². The van der Waals surface area contributed by atoms with Crippen molar-refractivity contribution in [1.82, 2.24) is 14.9 Å². The van der Waals surface area contributed by atoms with E-state index in [1.54, 1.807) is 0 Å². The first-order chi connectivity index (χ1) is 6.84. The van der Waals surface area contributed by atoms with Gasteiger partial charge in [-0.1, -0.05) is 20.4 Å². The molecule has 0 spiro atoms. The number of nitrogens with zero attached hydrogens (tertiary/aromatic N) is 2. The Morgan fingerprint density at radius 2 is 2.50 bits per heavy atom. The lowest BCUT2D eigenvalue weighted by atomic mass is 10.5. The highest BCUT2D eigenvalue weighted by Crippen LogP contribution is 2.00. The third-order valence-corrected chi connectivity index (χ3v) is 2.33. The fraction of sp³-hybridized carbons (Fsp3) is 0.571. The molecule has 0 fully saturated rings. The van der Waals surface area contributed by atoms with Gasteiger partial charge in [0.2, 0.25) is 0 Å². The molecule has 0 saturated carbocycles. The van der Waals surface area contributed by atoms with E-state index >= 15 is 0 Å². The Kier molecular flexibility index (Phi) is 5.65. The van der Waals surface area contributed by atoms with Gasteiger partial charge in [-0.05, 0) is 11.5 Å². The highest BCUT2D eigenvalue weighted by Gasteiger charge is 2.06. The van der Waals surface area contributed by atoms with Gasteiger partial charge >= 0.3 is 0 Å². The maximum atomic E-state index is 11.3. The normalized spacial score (nSPS) is 10.1. The van der Waals surface area contributed by atoms with Gasteiger partial charge in [-0.15, -0.1) is 5.10 Å². The van der Waals surface area contributed by atoms with Gasteiger partial charge in [0.25, 0.3) is 5.91 Å². The molecule has 0 aliphatic rings. The molecule has 0 radical (unpaired) electrons. The molecule has 1 aromatic rings. The number of ether oxygens (including phenoxy) is 1. The van der Waals surface area contributed by atoms with Gasteiger partial charge in [0, 0.05) is 11.9 Å². The SMILES string of the molecule is O=C(NCCOCCBr)c1cnns1. The van der Waals surface area contributed by atoms with Gasteiger partial charge in [-0.2, -0.15) is 0 Å². The molecule has 1 amide bonds. The molecule has 1 heterocycles. The number of hydrogen-bond acceptors (Lipinski definition) is 5. The molecule has 0 unspecified atom stereocenters. The molecule has 0 bridgehead atoms. The third kappa shape index (κ3) is 4.12. The number of nitrogens with one attached hydrogen (secondary N) is 1. The second-order valence-corrected chi connectivity index (χ2v) is 3.92. The van der Waals surface area contributed by atoms with Crippen LogP contribution in [0.3, 0.4) is 0 Å². The summed E-state index contributed by atoms with van der Waals surface area (Å²) in [5.74, 6) is -0.151. The maximum absolute atomic E-state index is 11.3. The number of halogens is 1. The summed E-state index contributed by atoms with van der Waals surface area (Å²) >= 11 is 4.31. The van der Waals surface area contributed by atoms with E-state index in [1.807, 2.05) is 0 Å². The topological polar surface area (TPSA) is 64.1 Å². The zero-order chi connectivity index (χ0) is 10.2. The van der Waals surface area contributed by atoms with Crippen LogP contribution < -0.4 is 5.32 Å². The van der Waals surface area contributed by atoms with Crippen LogP contribution in [0.5, 0.6) is 0 Å². The molecule has 0 aliphatic heterocycles. The van der Waals surface area contributed by atoms with Crippen molar-refractivity contribution in [2.75, 3.05) is 25.1 Å². The van der Waals surface area contributed by atoms with Gasteiger partial charge in [0.15, 0.2) is 0 Å². The molecule has 1 rings (SSSR count). The molecule has 0 aromatic carbocycles. The lowest BCUT2D eigenvalue weighted by molar-refractivity contribution is 0.0928. The second-order valence-electron chi connectivity index (χ2n) is 2.34. The summed E-state index contributed by atoms with van der Waals surface area (Å²) in [4.78, 5) is 11.8. The average Bonchev–Trinajstić information content (AvgIpc) is 2.70. The number of carbonyl (C=O) groups excluding carboxylic acids is 1. The summed E-state index contributed by atoms with van der Waals surface area (Å²) in [5, 5.41) is 7.07. The lowest BCUT2D eigenvalue weighted by Gasteiger charge is -2.02. The number of amides is 1. The van der Waals surface area contributed by atoms with Gasteiger partial charge in [-0.25, -0.2) is 0 Å². The number of rotatable bonds is 6. The summed E-state index contributed by atoms with van der Waals surface area (Å²) < 4.78 is 8.76. The van der Waals surface area contributed by atoms with Crippen LogP contribution in [0.15, 0.2) is 6.20 Å². The monoisotopic (exact) mass is 279 g/mol. The molecule has 14 heavy (non-hydrogen) atoms. The Bertz CT molecular complexity index is 268. The summed E-state index contributed by atoms with van der Waals surface area (Å²) in [6.45, 7) is 1.67. The summed E-state index contributed by atoms with van der Waals surface area (Å²) in [6, 6.07) is 0. The van der Waals surface area contributed by atoms with Crippen molar-refractivity contribution in [3.8, 4) is 0 Å². The fourth-order valence-electron chi connectivity index (χ4n) is 0.748. The molecule has 1 aromatic heterocycles. The zero-order valence-corrected chi connectivity index (χ0v) is 9.81. The highest BCUT2D eigenvalue weighted by atomic mass is 79.9. The Labute approximate surface area is 94.1 Å². The molecule has 0 atom stereocenters. The first-order valence-corrected chi connectivity index (χ1v) is 5.93. The third-order valence-electron chi connectivity index (χ3n) is 1.34. The largest absolute Gasteiger partial charge is 0.379 e. The molecule has 0 saturated heterocycles. The molecular formula is C7H10BrN3O2S. The van der Waals surface area contributed by atoms with Crippen LogP contribution in [0.2, 0.25) is 0 Å². The minimum Gasteiger partial charge on any atom is -0.379 e. The van der Waals surface area contributed by atoms with Crippen molar-refractivity contribution in [2.45, 2.75) is 0 Å². The van der Waals surface area contributed by atoms with Crippen LogP contribution in [0.25, 0.3) is 0 Å². The molecular weight excluding hydrogens is 270 g/mol. The Morgan fingerprint density at radius 3 is 3.14 bits per heavy atom. The van der Waals surface area contributed by atoms with Crippen LogP contribution in [0.1, 0.15) is 9.67 Å². The molecule has 7 heteroatoms. The van der Waals surface area contributed by atoms with Crippen LogP contribution >= 0.6 is 27.5 Å². The quantitative estimate of drug-likeness (QED) is 0.615. The van der Waals surface area contributed by atoms with Crippen LogP contribution in [-0.4, -0.2) is 40.6 Å². The smallest absolute Gasteiger partial charge is 0.264 e. The zero-order valence-electron chi connectivity index (χ0n) is 7.40. The molecule has 0 aliphatic carbocycles. The summed E-state index contributed by atoms with van der Waals surface area (Å²) in [7, 11) is 0. The standard InChI is InChI=1S/C7H10BrN3O2S/c8-1-3-13-4-2-9-7(12)6-5-10-11-14-6/h5H,1-4H2,(H,9,12). The van der Waals surface area contributed by atoms with E-state index in [1.165, 1.54) is 6.20 Å². The first-order valence-electron chi connectivity index (χ1n) is 4.04. The predicted molar refractivity (Wildman–Crippen MR) is 56.9 cm³/mol. The first kappa shape index (κ1) is 11.5. The van der Waals surface area contributed by atoms with E-state index < -0.39 is 0 Å². The minimum atomic E-state index is -0.151. The number of carbonyl (C=O) groups is 1. The van der Waals surface area contributed by atoms with Gasteiger partial charge < -0.3 is 10.1 Å². The van der Waals surface area contributed by atoms with E-state index in [-0.39, 0.29) is 5.91 Å². The highest BCUT2D eigenvalue weighted by molar-refractivity contribution is 9.09. The van der Waals surface area contributed by atoms with E-state index in [4.69, 9.17) is 4.74 Å². The fourth-order valence-corrected chi connectivity index (χ4v) is 1.41. The van der Waals surface area contributed by atoms with E-state index in [0.29, 0.717) is 24.6 Å². The van der Waals surface area contributed by atoms with E-state index in [2.05, 4.69) is 30.8 Å². The number of alkyl halides is 1. The number of hydrogen-bond donors (Lipinski definition) is 1. The average molecular weight is 280 g/mol. The minimum absolute atomic E-state index is 0.151. The summed E-state index contributed by atoms with van der Waals surface area (Å²) in [5.41, 5.74) is 0. The maximum Gasteiger partial charge on any atom is 0.264 e. The Balaban J connectivity index is 2.10.